The number of nitrogens with one attached hydrogen (secondary N) is 1. The summed E-state index contributed by atoms with van der Waals surface area (Å²) in [6.45, 7) is 4.16. The van der Waals surface area contributed by atoms with E-state index in [2.05, 4.69) is 34.1 Å². The number of hydrogen-bond acceptors (Lipinski definition) is 6. The second-order valence-corrected chi connectivity index (χ2v) is 5.98. The van der Waals surface area contributed by atoms with Crippen molar-refractivity contribution in [3.05, 3.63) is 41.1 Å². The Hall–Kier alpha value is -2.21. The lowest BCUT2D eigenvalue weighted by Gasteiger charge is -2.25. The molecule has 0 aliphatic rings. The van der Waals surface area contributed by atoms with Gasteiger partial charge in [-0.15, -0.1) is 11.3 Å². The van der Waals surface area contributed by atoms with Gasteiger partial charge in [0.15, 0.2) is 0 Å². The monoisotopic (exact) mass is 285 g/mol. The topological polar surface area (TPSA) is 76.7 Å². The highest BCUT2D eigenvalue weighted by Crippen LogP contribution is 2.29. The average molecular weight is 285 g/mol. The van der Waals surface area contributed by atoms with E-state index in [1.165, 1.54) is 0 Å². The highest BCUT2D eigenvalue weighted by Gasteiger charge is 2.24. The predicted molar refractivity (Wildman–Crippen MR) is 82.7 cm³/mol. The van der Waals surface area contributed by atoms with Gasteiger partial charge in [-0.25, -0.2) is 15.0 Å². The van der Waals surface area contributed by atoms with E-state index in [9.17, 15) is 0 Å². The summed E-state index contributed by atoms with van der Waals surface area (Å²) in [5, 5.41) is 7.37. The number of aromatic nitrogens is 3. The molecule has 0 unspecified atom stereocenters. The molecule has 0 radical (unpaired) electrons. The molecular formula is C14H15N5S. The molecule has 5 nitrogen and oxygen atoms in total. The zero-order valence-corrected chi connectivity index (χ0v) is 12.1. The van der Waals surface area contributed by atoms with Crippen LogP contribution in [0.25, 0.3) is 10.9 Å². The molecule has 2 aromatic heterocycles. The lowest BCUT2D eigenvalue weighted by molar-refractivity contribution is 0.602. The van der Waals surface area contributed by atoms with Crippen molar-refractivity contribution in [3.63, 3.8) is 0 Å². The van der Waals surface area contributed by atoms with Crippen LogP contribution in [-0.2, 0) is 5.54 Å². The molecule has 0 spiro atoms. The Morgan fingerprint density at radius 1 is 1.20 bits per heavy atom. The zero-order chi connectivity index (χ0) is 14.2. The van der Waals surface area contributed by atoms with Crippen LogP contribution >= 0.6 is 11.3 Å². The summed E-state index contributed by atoms with van der Waals surface area (Å²) in [6.07, 6.45) is 3.35. The Balaban J connectivity index is 2.03. The fourth-order valence-electron chi connectivity index (χ4n) is 2.06. The summed E-state index contributed by atoms with van der Waals surface area (Å²) in [5.41, 5.74) is 7.02. The Kier molecular flexibility index (Phi) is 3.02. The van der Waals surface area contributed by atoms with Gasteiger partial charge < -0.3 is 11.1 Å². The van der Waals surface area contributed by atoms with Crippen molar-refractivity contribution < 1.29 is 0 Å². The number of nitrogens with two attached hydrogens (primary N) is 1. The Labute approximate surface area is 120 Å². The summed E-state index contributed by atoms with van der Waals surface area (Å²) in [5.74, 6) is 0.787. The first-order valence-electron chi connectivity index (χ1n) is 6.25. The molecule has 3 N–H and O–H groups in total. The van der Waals surface area contributed by atoms with Crippen LogP contribution in [-0.4, -0.2) is 15.0 Å². The maximum Gasteiger partial charge on any atom is 0.138 e. The van der Waals surface area contributed by atoms with Crippen LogP contribution in [0.15, 0.2) is 36.1 Å². The maximum absolute atomic E-state index is 5.79. The van der Waals surface area contributed by atoms with Gasteiger partial charge in [0.2, 0.25) is 0 Å². The first kappa shape index (κ1) is 12.8. The number of hydrogen-bond donors (Lipinski definition) is 2. The van der Waals surface area contributed by atoms with Crippen molar-refractivity contribution in [2.45, 2.75) is 19.4 Å². The van der Waals surface area contributed by atoms with Crippen molar-refractivity contribution in [2.24, 2.45) is 0 Å². The molecular weight excluding hydrogens is 270 g/mol. The van der Waals surface area contributed by atoms with E-state index in [4.69, 9.17) is 5.73 Å². The van der Waals surface area contributed by atoms with Gasteiger partial charge in [-0.05, 0) is 32.0 Å². The van der Waals surface area contributed by atoms with Crippen molar-refractivity contribution in [1.29, 1.82) is 0 Å². The highest BCUT2D eigenvalue weighted by molar-refractivity contribution is 7.09. The van der Waals surface area contributed by atoms with Gasteiger partial charge >= 0.3 is 0 Å². The number of thiazole rings is 1. The quantitative estimate of drug-likeness (QED) is 0.723. The molecule has 0 fully saturated rings. The van der Waals surface area contributed by atoms with Crippen LogP contribution in [0, 0.1) is 0 Å². The van der Waals surface area contributed by atoms with E-state index in [0.29, 0.717) is 5.69 Å². The van der Waals surface area contributed by atoms with E-state index in [1.54, 1.807) is 17.7 Å². The molecule has 3 rings (SSSR count). The number of benzene rings is 1. The Bertz CT molecular complexity index is 736. The highest BCUT2D eigenvalue weighted by atomic mass is 32.1. The summed E-state index contributed by atoms with van der Waals surface area (Å²) < 4.78 is 0. The Morgan fingerprint density at radius 3 is 2.80 bits per heavy atom. The molecule has 0 saturated carbocycles. The molecule has 0 aliphatic heterocycles. The molecule has 0 atom stereocenters. The lowest BCUT2D eigenvalue weighted by atomic mass is 10.1. The number of rotatable bonds is 3. The predicted octanol–water partition coefficient (Wildman–Crippen LogP) is 3.02. The van der Waals surface area contributed by atoms with Crippen molar-refractivity contribution in [1.82, 2.24) is 15.0 Å². The fraction of sp³-hybridized carbons (Fsp3) is 0.214. The largest absolute Gasteiger partial charge is 0.399 e. The minimum absolute atomic E-state index is 0.295. The maximum atomic E-state index is 5.79. The first-order valence-corrected chi connectivity index (χ1v) is 7.12. The van der Waals surface area contributed by atoms with Gasteiger partial charge in [-0.1, -0.05) is 0 Å². The van der Waals surface area contributed by atoms with Crippen LogP contribution in [0.2, 0.25) is 0 Å². The molecule has 6 heteroatoms. The lowest BCUT2D eigenvalue weighted by Crippen LogP contribution is -2.28. The van der Waals surface area contributed by atoms with E-state index < -0.39 is 0 Å². The molecule has 0 amide bonds. The van der Waals surface area contributed by atoms with Gasteiger partial charge in [-0.2, -0.15) is 0 Å². The van der Waals surface area contributed by atoms with Crippen LogP contribution in [0.4, 0.5) is 11.5 Å². The first-order chi connectivity index (χ1) is 9.56. The van der Waals surface area contributed by atoms with Crippen molar-refractivity contribution in [2.75, 3.05) is 11.1 Å². The minimum atomic E-state index is -0.295. The molecule has 0 aliphatic carbocycles. The molecule has 3 aromatic rings. The van der Waals surface area contributed by atoms with Crippen molar-refractivity contribution >= 4 is 33.7 Å². The third kappa shape index (κ3) is 2.30. The van der Waals surface area contributed by atoms with E-state index in [1.807, 2.05) is 29.8 Å². The van der Waals surface area contributed by atoms with Crippen molar-refractivity contribution in [3.8, 4) is 0 Å². The van der Waals surface area contributed by atoms with Gasteiger partial charge in [0.1, 0.15) is 17.2 Å². The van der Waals surface area contributed by atoms with Crippen LogP contribution in [0.5, 0.6) is 0 Å². The molecule has 0 saturated heterocycles. The van der Waals surface area contributed by atoms with E-state index in [0.717, 1.165) is 21.7 Å². The SMILES string of the molecule is CC(C)(Nc1ncnc2cc(N)ccc12)c1nccs1. The average Bonchev–Trinajstić information content (AvgIpc) is 2.93. The molecule has 1 aromatic carbocycles. The van der Waals surface area contributed by atoms with Crippen LogP contribution < -0.4 is 11.1 Å². The second-order valence-electron chi connectivity index (χ2n) is 5.09. The molecule has 102 valence electrons. The Morgan fingerprint density at radius 2 is 2.05 bits per heavy atom. The number of nitrogens with zero attached hydrogens (tertiary/aromatic N) is 3. The fourth-order valence-corrected chi connectivity index (χ4v) is 2.77. The summed E-state index contributed by atoms with van der Waals surface area (Å²) in [7, 11) is 0. The van der Waals surface area contributed by atoms with Gasteiger partial charge in [0.05, 0.1) is 11.1 Å². The van der Waals surface area contributed by atoms with Gasteiger partial charge in [0.25, 0.3) is 0 Å². The summed E-state index contributed by atoms with van der Waals surface area (Å²) in [6, 6.07) is 5.64. The molecule has 2 heterocycles. The molecule has 0 bridgehead atoms. The standard InChI is InChI=1S/C14H15N5S/c1-14(2,13-16-5-6-20-13)19-12-10-4-3-9(15)7-11(10)17-8-18-12/h3-8H,15H2,1-2H3,(H,17,18,19). The van der Waals surface area contributed by atoms with E-state index >= 15 is 0 Å². The number of anilines is 2. The third-order valence-electron chi connectivity index (χ3n) is 3.06. The summed E-state index contributed by atoms with van der Waals surface area (Å²) >= 11 is 1.62. The number of fused-ring (bicyclic) bond motifs is 1. The van der Waals surface area contributed by atoms with Crippen LogP contribution in [0.3, 0.4) is 0 Å². The van der Waals surface area contributed by atoms with Gasteiger partial charge in [0, 0.05) is 22.7 Å². The normalized spacial score (nSPS) is 11.7. The van der Waals surface area contributed by atoms with E-state index in [-0.39, 0.29) is 5.54 Å². The molecule has 20 heavy (non-hydrogen) atoms. The van der Waals surface area contributed by atoms with Gasteiger partial charge in [-0.3, -0.25) is 0 Å². The smallest absolute Gasteiger partial charge is 0.138 e. The number of nitrogen functional groups attached to an aromatic ring is 1. The summed E-state index contributed by atoms with van der Waals surface area (Å²) in [4.78, 5) is 13.0. The third-order valence-corrected chi connectivity index (χ3v) is 4.16. The van der Waals surface area contributed by atoms with Crippen LogP contribution in [0.1, 0.15) is 18.9 Å². The second kappa shape index (κ2) is 4.72. The minimum Gasteiger partial charge on any atom is -0.399 e. The zero-order valence-electron chi connectivity index (χ0n) is 11.3.